The Kier molecular flexibility index (Phi) is 3.50. The molecule has 3 aliphatic rings. The number of hydrogen-bond donors (Lipinski definition) is 1. The molecule has 0 aromatic rings. The van der Waals surface area contributed by atoms with Crippen LogP contribution in [0.15, 0.2) is 10.6 Å². The van der Waals surface area contributed by atoms with Crippen molar-refractivity contribution < 1.29 is 28.8 Å². The van der Waals surface area contributed by atoms with Gasteiger partial charge in [0.1, 0.15) is 18.3 Å². The van der Waals surface area contributed by atoms with Crippen LogP contribution in [0.5, 0.6) is 0 Å². The van der Waals surface area contributed by atoms with E-state index in [-0.39, 0.29) is 17.8 Å². The Morgan fingerprint density at radius 1 is 1.29 bits per heavy atom. The minimum absolute atomic E-state index is 0.00626. The van der Waals surface area contributed by atoms with E-state index in [1.54, 1.807) is 6.08 Å². The van der Waals surface area contributed by atoms with Crippen molar-refractivity contribution in [3.05, 3.63) is 10.6 Å². The first-order chi connectivity index (χ1) is 9.84. The monoisotopic (exact) mass is 362 g/mol. The van der Waals surface area contributed by atoms with Gasteiger partial charge in [0.25, 0.3) is 0 Å². The molecule has 21 heavy (non-hydrogen) atoms. The number of rotatable bonds is 3. The summed E-state index contributed by atoms with van der Waals surface area (Å²) in [5, 5.41) is 10.5. The highest BCUT2D eigenvalue weighted by molar-refractivity contribution is 9.11. The van der Waals surface area contributed by atoms with Crippen molar-refractivity contribution in [3.63, 3.8) is 0 Å². The van der Waals surface area contributed by atoms with Crippen LogP contribution < -0.4 is 0 Å². The van der Waals surface area contributed by atoms with Gasteiger partial charge >= 0.3 is 5.97 Å². The Hall–Kier alpha value is -0.470. The average Bonchev–Trinajstić information content (AvgIpc) is 3.18. The highest BCUT2D eigenvalue weighted by atomic mass is 79.9. The molecule has 0 aromatic heterocycles. The summed E-state index contributed by atoms with van der Waals surface area (Å²) in [5.74, 6) is -1.70. The molecule has 6 atom stereocenters. The van der Waals surface area contributed by atoms with Gasteiger partial charge in [-0.05, 0) is 6.08 Å². The van der Waals surface area contributed by atoms with Gasteiger partial charge < -0.3 is 24.1 Å². The normalized spacial score (nSPS) is 47.6. The summed E-state index contributed by atoms with van der Waals surface area (Å²) < 4.78 is 22.6. The number of carbonyl (C=O) groups is 1. The first-order valence-corrected chi connectivity index (χ1v) is 7.69. The lowest BCUT2D eigenvalue weighted by Crippen LogP contribution is -2.54. The van der Waals surface area contributed by atoms with E-state index in [1.807, 2.05) is 13.8 Å². The number of ether oxygens (including phenoxy) is 4. The predicted octanol–water partition coefficient (Wildman–Crippen LogP) is 0.964. The minimum Gasteiger partial charge on any atom is -0.458 e. The van der Waals surface area contributed by atoms with E-state index < -0.39 is 29.7 Å². The Labute approximate surface area is 131 Å². The maximum absolute atomic E-state index is 11.8. The third-order valence-corrected chi connectivity index (χ3v) is 5.88. The number of aliphatic hydroxyl groups excluding tert-OH is 1. The fraction of sp³-hybridized carbons (Fsp3) is 0.786. The highest BCUT2D eigenvalue weighted by Gasteiger charge is 2.75. The summed E-state index contributed by atoms with van der Waals surface area (Å²) in [6.45, 7) is 3.79. The molecular formula is C14H19BrO6. The molecule has 2 fully saturated rings. The molecule has 0 saturated carbocycles. The number of cyclic esters (lactones) is 1. The van der Waals surface area contributed by atoms with E-state index in [2.05, 4.69) is 15.9 Å². The number of hydrogen-bond acceptors (Lipinski definition) is 6. The molecule has 0 bridgehead atoms. The van der Waals surface area contributed by atoms with Crippen LogP contribution in [-0.2, 0) is 23.7 Å². The topological polar surface area (TPSA) is 77.5 Å². The maximum atomic E-state index is 11.8. The second-order valence-corrected chi connectivity index (χ2v) is 6.76. The van der Waals surface area contributed by atoms with Crippen molar-refractivity contribution in [2.24, 2.45) is 11.8 Å². The molecule has 6 nitrogen and oxygen atoms in total. The molecule has 1 aliphatic carbocycles. The SMILES string of the molecule is COC1(OC)C=C(Br)[C@@]2([C@H]3OC(=O)[C@@H](C)[C@H]3C)O[C@H]2[C@@H]1O. The van der Waals surface area contributed by atoms with Crippen molar-refractivity contribution in [2.45, 2.75) is 43.5 Å². The quantitative estimate of drug-likeness (QED) is 0.457. The second kappa shape index (κ2) is 4.76. The van der Waals surface area contributed by atoms with Crippen LogP contribution in [0, 0.1) is 11.8 Å². The van der Waals surface area contributed by atoms with E-state index in [0.717, 1.165) is 0 Å². The Balaban J connectivity index is 1.98. The van der Waals surface area contributed by atoms with E-state index in [0.29, 0.717) is 4.48 Å². The number of carbonyl (C=O) groups excluding carboxylic acids is 1. The largest absolute Gasteiger partial charge is 0.458 e. The van der Waals surface area contributed by atoms with Crippen molar-refractivity contribution in [1.82, 2.24) is 0 Å². The molecule has 7 heteroatoms. The number of esters is 1. The molecule has 1 N–H and O–H groups in total. The fourth-order valence-electron chi connectivity index (χ4n) is 3.36. The van der Waals surface area contributed by atoms with Crippen molar-refractivity contribution in [2.75, 3.05) is 14.2 Å². The smallest absolute Gasteiger partial charge is 0.309 e. The van der Waals surface area contributed by atoms with Crippen LogP contribution in [0.2, 0.25) is 0 Å². The maximum Gasteiger partial charge on any atom is 0.309 e. The molecule has 118 valence electrons. The van der Waals surface area contributed by atoms with Gasteiger partial charge in [0, 0.05) is 24.6 Å². The predicted molar refractivity (Wildman–Crippen MR) is 75.6 cm³/mol. The van der Waals surface area contributed by atoms with E-state index in [9.17, 15) is 9.90 Å². The molecule has 0 amide bonds. The van der Waals surface area contributed by atoms with Crippen molar-refractivity contribution in [1.29, 1.82) is 0 Å². The van der Waals surface area contributed by atoms with E-state index in [4.69, 9.17) is 18.9 Å². The molecule has 2 aliphatic heterocycles. The first kappa shape index (κ1) is 15.4. The Morgan fingerprint density at radius 3 is 2.38 bits per heavy atom. The molecule has 0 radical (unpaired) electrons. The number of methoxy groups -OCH3 is 2. The highest BCUT2D eigenvalue weighted by Crippen LogP contribution is 2.59. The number of aliphatic hydroxyl groups is 1. The third kappa shape index (κ3) is 1.81. The van der Waals surface area contributed by atoms with Gasteiger partial charge in [-0.15, -0.1) is 0 Å². The molecule has 2 saturated heterocycles. The third-order valence-electron chi connectivity index (χ3n) is 5.03. The van der Waals surface area contributed by atoms with Crippen LogP contribution in [0.3, 0.4) is 0 Å². The summed E-state index contributed by atoms with van der Waals surface area (Å²) in [6.07, 6.45) is -0.333. The van der Waals surface area contributed by atoms with Crippen LogP contribution >= 0.6 is 15.9 Å². The number of halogens is 1. The lowest BCUT2D eigenvalue weighted by molar-refractivity contribution is -0.232. The van der Waals surface area contributed by atoms with Gasteiger partial charge in [-0.3, -0.25) is 4.79 Å². The molecular weight excluding hydrogens is 344 g/mol. The zero-order valence-electron chi connectivity index (χ0n) is 12.3. The van der Waals surface area contributed by atoms with Gasteiger partial charge in [-0.1, -0.05) is 29.8 Å². The first-order valence-electron chi connectivity index (χ1n) is 6.89. The van der Waals surface area contributed by atoms with E-state index in [1.165, 1.54) is 14.2 Å². The minimum atomic E-state index is -1.26. The van der Waals surface area contributed by atoms with Crippen LogP contribution in [0.25, 0.3) is 0 Å². The van der Waals surface area contributed by atoms with Gasteiger partial charge in [-0.25, -0.2) is 0 Å². The summed E-state index contributed by atoms with van der Waals surface area (Å²) in [6, 6.07) is 0. The molecule has 0 unspecified atom stereocenters. The number of fused-ring (bicyclic) bond motifs is 1. The van der Waals surface area contributed by atoms with Gasteiger partial charge in [-0.2, -0.15) is 0 Å². The fourth-order valence-corrected chi connectivity index (χ4v) is 4.22. The van der Waals surface area contributed by atoms with Gasteiger partial charge in [0.05, 0.1) is 5.92 Å². The lowest BCUT2D eigenvalue weighted by Gasteiger charge is -2.37. The van der Waals surface area contributed by atoms with Gasteiger partial charge in [0.2, 0.25) is 5.79 Å². The molecule has 2 heterocycles. The zero-order chi connectivity index (χ0) is 15.6. The van der Waals surface area contributed by atoms with Crippen LogP contribution in [0.1, 0.15) is 13.8 Å². The Bertz CT molecular complexity index is 502. The van der Waals surface area contributed by atoms with Crippen molar-refractivity contribution >= 4 is 21.9 Å². The average molecular weight is 363 g/mol. The Morgan fingerprint density at radius 2 is 1.90 bits per heavy atom. The van der Waals surface area contributed by atoms with Crippen molar-refractivity contribution in [3.8, 4) is 0 Å². The summed E-state index contributed by atoms with van der Waals surface area (Å²) in [4.78, 5) is 11.8. The zero-order valence-corrected chi connectivity index (χ0v) is 13.9. The molecule has 0 spiro atoms. The van der Waals surface area contributed by atoms with E-state index >= 15 is 0 Å². The standard InChI is InChI=1S/C14H19BrO6/c1-6-7(2)12(17)20-10(6)14-8(15)5-13(18-3,19-4)9(16)11(14)21-14/h5-7,9-11,16H,1-4H3/t6-,7+,9+,10+,11+,14+/m1/s1. The lowest BCUT2D eigenvalue weighted by atomic mass is 9.79. The number of epoxide rings is 1. The van der Waals surface area contributed by atoms with Gasteiger partial charge in [0.15, 0.2) is 5.60 Å². The van der Waals surface area contributed by atoms with Crippen LogP contribution in [0.4, 0.5) is 0 Å². The summed E-state index contributed by atoms with van der Waals surface area (Å²) >= 11 is 3.49. The summed E-state index contributed by atoms with van der Waals surface area (Å²) in [7, 11) is 2.92. The second-order valence-electron chi connectivity index (χ2n) is 5.90. The summed E-state index contributed by atoms with van der Waals surface area (Å²) in [5.41, 5.74) is -0.834. The molecule has 3 rings (SSSR count). The molecule has 0 aromatic carbocycles. The van der Waals surface area contributed by atoms with Crippen LogP contribution in [-0.4, -0.2) is 55.0 Å².